The lowest BCUT2D eigenvalue weighted by molar-refractivity contribution is 0.367. The highest BCUT2D eigenvalue weighted by molar-refractivity contribution is 5.44. The van der Waals surface area contributed by atoms with Crippen molar-refractivity contribution in [2.45, 2.75) is 31.6 Å². The van der Waals surface area contributed by atoms with Gasteiger partial charge in [-0.05, 0) is 108 Å². The number of methoxy groups -OCH3 is 8. The number of rotatable bonds is 17. The summed E-state index contributed by atoms with van der Waals surface area (Å²) in [5.41, 5.74) is 4.46. The number of ether oxygens (including phenoxy) is 8. The first-order valence-corrected chi connectivity index (χ1v) is 15.2. The van der Waals surface area contributed by atoms with Crippen LogP contribution >= 0.6 is 0 Å². The summed E-state index contributed by atoms with van der Waals surface area (Å²) in [6.07, 6.45) is 3.15. The van der Waals surface area contributed by atoms with Gasteiger partial charge in [0.25, 0.3) is 0 Å². The highest BCUT2D eigenvalue weighted by atomic mass is 16.5. The van der Waals surface area contributed by atoms with Crippen LogP contribution in [0.25, 0.3) is 0 Å². The van der Waals surface area contributed by atoms with Crippen molar-refractivity contribution < 1.29 is 37.9 Å². The third-order valence-corrected chi connectivity index (χ3v) is 8.36. The van der Waals surface area contributed by atoms with Crippen LogP contribution in [0.1, 0.15) is 34.6 Å². The van der Waals surface area contributed by atoms with Gasteiger partial charge in [0.05, 0.1) is 56.9 Å². The van der Waals surface area contributed by atoms with Crippen molar-refractivity contribution in [2.24, 2.45) is 5.92 Å². The highest BCUT2D eigenvalue weighted by Crippen LogP contribution is 2.40. The van der Waals surface area contributed by atoms with E-state index in [0.717, 1.165) is 93.9 Å². The van der Waals surface area contributed by atoms with Gasteiger partial charge in [0, 0.05) is 24.3 Å². The van der Waals surface area contributed by atoms with Gasteiger partial charge in [-0.2, -0.15) is 0 Å². The largest absolute Gasteiger partial charge is 0.497 e. The Labute approximate surface area is 273 Å². The van der Waals surface area contributed by atoms with Gasteiger partial charge in [-0.3, -0.25) is 0 Å². The van der Waals surface area contributed by atoms with Gasteiger partial charge in [-0.15, -0.1) is 0 Å². The molecule has 0 aliphatic carbocycles. The lowest BCUT2D eigenvalue weighted by Gasteiger charge is -2.30. The van der Waals surface area contributed by atoms with Gasteiger partial charge in [-0.25, -0.2) is 0 Å². The normalized spacial score (nSPS) is 12.1. The Balaban J connectivity index is 1.85. The quantitative estimate of drug-likeness (QED) is 0.118. The van der Waals surface area contributed by atoms with E-state index in [4.69, 9.17) is 37.9 Å². The molecule has 0 amide bonds. The van der Waals surface area contributed by atoms with Crippen molar-refractivity contribution in [3.8, 4) is 46.0 Å². The van der Waals surface area contributed by atoms with Crippen LogP contribution in [0.15, 0.2) is 72.8 Å². The maximum atomic E-state index is 5.73. The molecule has 8 nitrogen and oxygen atoms in total. The smallest absolute Gasteiger partial charge is 0.122 e. The number of benzene rings is 4. The minimum atomic E-state index is 0.0468. The molecule has 46 heavy (non-hydrogen) atoms. The van der Waals surface area contributed by atoms with E-state index >= 15 is 0 Å². The zero-order valence-corrected chi connectivity index (χ0v) is 28.2. The second-order valence-corrected chi connectivity index (χ2v) is 11.1. The fourth-order valence-electron chi connectivity index (χ4n) is 5.93. The molecule has 0 saturated carbocycles. The Bertz CT molecular complexity index is 1480. The van der Waals surface area contributed by atoms with Crippen molar-refractivity contribution in [1.82, 2.24) is 0 Å². The molecule has 246 valence electrons. The molecule has 0 radical (unpaired) electrons. The predicted octanol–water partition coefficient (Wildman–Crippen LogP) is 7.57. The van der Waals surface area contributed by atoms with Gasteiger partial charge in [0.2, 0.25) is 0 Å². The average molecular weight is 631 g/mol. The van der Waals surface area contributed by atoms with Gasteiger partial charge in [0.1, 0.15) is 46.0 Å². The third-order valence-electron chi connectivity index (χ3n) is 8.36. The van der Waals surface area contributed by atoms with Crippen molar-refractivity contribution in [1.29, 1.82) is 0 Å². The summed E-state index contributed by atoms with van der Waals surface area (Å²) in [6, 6.07) is 24.3. The molecule has 8 heteroatoms. The second kappa shape index (κ2) is 16.5. The fraction of sp³-hybridized carbons (Fsp3) is 0.368. The molecular weight excluding hydrogens is 584 g/mol. The van der Waals surface area contributed by atoms with Crippen LogP contribution in [0.5, 0.6) is 46.0 Å². The molecule has 0 aromatic heterocycles. The Hall–Kier alpha value is -4.72. The number of hydrogen-bond acceptors (Lipinski definition) is 8. The molecule has 4 rings (SSSR count). The second-order valence-electron chi connectivity index (χ2n) is 11.1. The molecule has 0 bridgehead atoms. The molecule has 4 aromatic carbocycles. The van der Waals surface area contributed by atoms with E-state index < -0.39 is 0 Å². The summed E-state index contributed by atoms with van der Waals surface area (Å²) >= 11 is 0. The average Bonchev–Trinajstić information content (AvgIpc) is 3.11. The van der Waals surface area contributed by atoms with Crippen molar-refractivity contribution >= 4 is 0 Å². The summed E-state index contributed by atoms with van der Waals surface area (Å²) in [5, 5.41) is 0. The van der Waals surface area contributed by atoms with Crippen molar-refractivity contribution in [3.63, 3.8) is 0 Å². The number of hydrogen-bond donors (Lipinski definition) is 0. The van der Waals surface area contributed by atoms with Gasteiger partial charge in [0.15, 0.2) is 0 Å². The van der Waals surface area contributed by atoms with E-state index in [-0.39, 0.29) is 11.8 Å². The Kier molecular flexibility index (Phi) is 12.3. The minimum absolute atomic E-state index is 0.0468. The topological polar surface area (TPSA) is 73.8 Å². The van der Waals surface area contributed by atoms with Crippen LogP contribution in [0.3, 0.4) is 0 Å². The zero-order chi connectivity index (χ0) is 33.1. The first kappa shape index (κ1) is 34.2. The minimum Gasteiger partial charge on any atom is -0.497 e. The molecule has 0 unspecified atom stereocenters. The van der Waals surface area contributed by atoms with Gasteiger partial charge in [-0.1, -0.05) is 0 Å². The Morgan fingerprint density at radius 2 is 0.674 bits per heavy atom. The van der Waals surface area contributed by atoms with Gasteiger partial charge < -0.3 is 37.9 Å². The van der Waals surface area contributed by atoms with E-state index in [1.807, 2.05) is 24.3 Å². The standard InChI is InChI=1S/C38H46O8/c1-39-30-12-25(13-31(21-30)40-2)9-10-28(11-26-14-32(41-3)22-33(15-26)42-4)38(29-19-36(45-7)24-37(20-29)46-8)18-27-16-34(43-5)23-35(17-27)44-6/h12-17,19-24,28,38H,9-11,18H2,1-8H3/t28-,38-/m1/s1. The Morgan fingerprint density at radius 3 is 1.02 bits per heavy atom. The van der Waals surface area contributed by atoms with Crippen LogP contribution in [-0.4, -0.2) is 56.9 Å². The molecule has 2 atom stereocenters. The van der Waals surface area contributed by atoms with Crippen LogP contribution in [-0.2, 0) is 19.3 Å². The summed E-state index contributed by atoms with van der Waals surface area (Å²) < 4.78 is 45.2. The first-order chi connectivity index (χ1) is 22.3. The highest BCUT2D eigenvalue weighted by Gasteiger charge is 2.27. The van der Waals surface area contributed by atoms with Crippen LogP contribution in [0, 0.1) is 5.92 Å². The van der Waals surface area contributed by atoms with E-state index in [0.29, 0.717) is 0 Å². The fourth-order valence-corrected chi connectivity index (χ4v) is 5.93. The summed E-state index contributed by atoms with van der Waals surface area (Å²) in [4.78, 5) is 0. The van der Waals surface area contributed by atoms with E-state index in [2.05, 4.69) is 48.5 Å². The monoisotopic (exact) mass is 630 g/mol. The van der Waals surface area contributed by atoms with Gasteiger partial charge >= 0.3 is 0 Å². The van der Waals surface area contributed by atoms with E-state index in [1.54, 1.807) is 56.9 Å². The maximum Gasteiger partial charge on any atom is 0.122 e. The molecule has 0 aliphatic heterocycles. The molecule has 0 spiro atoms. The van der Waals surface area contributed by atoms with Crippen LogP contribution < -0.4 is 37.9 Å². The lowest BCUT2D eigenvalue weighted by atomic mass is 9.75. The molecule has 0 aliphatic rings. The molecule has 0 fully saturated rings. The molecular formula is C38H46O8. The van der Waals surface area contributed by atoms with Crippen molar-refractivity contribution in [2.75, 3.05) is 56.9 Å². The Morgan fingerprint density at radius 1 is 0.370 bits per heavy atom. The van der Waals surface area contributed by atoms with Crippen molar-refractivity contribution in [3.05, 3.63) is 95.1 Å². The summed E-state index contributed by atoms with van der Waals surface area (Å²) in [6.45, 7) is 0. The van der Waals surface area contributed by atoms with Crippen LogP contribution in [0.2, 0.25) is 0 Å². The zero-order valence-electron chi connectivity index (χ0n) is 28.2. The maximum absolute atomic E-state index is 5.73. The first-order valence-electron chi connectivity index (χ1n) is 15.2. The summed E-state index contributed by atoms with van der Waals surface area (Å²) in [5.74, 6) is 6.20. The SMILES string of the molecule is COc1cc(CC[C@H](Cc2cc(OC)cc(OC)c2)[C@@H](Cc2cc(OC)cc(OC)c2)c2cc(OC)cc(OC)c2)cc(OC)c1. The molecule has 0 N–H and O–H groups in total. The molecule has 0 saturated heterocycles. The predicted molar refractivity (Wildman–Crippen MR) is 180 cm³/mol. The third kappa shape index (κ3) is 8.93. The lowest BCUT2D eigenvalue weighted by Crippen LogP contribution is -2.20. The van der Waals surface area contributed by atoms with E-state index in [9.17, 15) is 0 Å². The van der Waals surface area contributed by atoms with E-state index in [1.165, 1.54) is 0 Å². The molecule has 4 aromatic rings. The van der Waals surface area contributed by atoms with Crippen LogP contribution in [0.4, 0.5) is 0 Å². The number of aryl methyl sites for hydroxylation is 1. The summed E-state index contributed by atoms with van der Waals surface area (Å²) in [7, 11) is 13.4. The molecule has 0 heterocycles.